The average Bonchev–Trinajstić information content (AvgIpc) is 2.86. The second kappa shape index (κ2) is 4.48. The number of hydrogen-bond acceptors (Lipinski definition) is 3. The Morgan fingerprint density at radius 2 is 2.15 bits per heavy atom. The van der Waals surface area contributed by atoms with Crippen molar-refractivity contribution in [1.82, 2.24) is 9.72 Å². The zero-order chi connectivity index (χ0) is 14.5. The van der Waals surface area contributed by atoms with E-state index in [1.54, 1.807) is 0 Å². The maximum Gasteiger partial charge on any atom is 0.133 e. The first-order valence-electron chi connectivity index (χ1n) is 7.15. The monoisotopic (exact) mass is 274 g/mol. The molecule has 4 nitrogen and oxygen atoms in total. The van der Waals surface area contributed by atoms with E-state index in [4.69, 9.17) is 4.52 Å². The molecule has 1 aliphatic carbocycles. The molecule has 1 unspecified atom stereocenters. The Kier molecular flexibility index (Phi) is 3.01. The summed E-state index contributed by atoms with van der Waals surface area (Å²) in [6, 6.07) is 4.08. The minimum atomic E-state index is -0.354. The van der Waals surface area contributed by atoms with Crippen molar-refractivity contribution < 1.29 is 9.63 Å². The highest BCUT2D eigenvalue weighted by atomic mass is 16.5. The highest BCUT2D eigenvalue weighted by molar-refractivity contribution is 5.34. The van der Waals surface area contributed by atoms with Crippen molar-refractivity contribution in [3.8, 4) is 0 Å². The third kappa shape index (κ3) is 2.29. The lowest BCUT2D eigenvalue weighted by atomic mass is 9.75. The Balaban J connectivity index is 2.00. The summed E-state index contributed by atoms with van der Waals surface area (Å²) in [4.78, 5) is 0. The number of hydrogen-bond donors (Lipinski definition) is 1. The maximum atomic E-state index is 10.4. The summed E-state index contributed by atoms with van der Waals surface area (Å²) in [5, 5.41) is 14.4. The van der Waals surface area contributed by atoms with Gasteiger partial charge >= 0.3 is 0 Å². The summed E-state index contributed by atoms with van der Waals surface area (Å²) >= 11 is 0. The molecule has 0 aromatic carbocycles. The molecule has 3 rings (SSSR count). The van der Waals surface area contributed by atoms with Crippen LogP contribution in [0.3, 0.4) is 0 Å². The van der Waals surface area contributed by atoms with Crippen molar-refractivity contribution in [2.24, 2.45) is 5.41 Å². The summed E-state index contributed by atoms with van der Waals surface area (Å²) in [6.45, 7) is 9.13. The van der Waals surface area contributed by atoms with Crippen LogP contribution in [0, 0.1) is 19.3 Å². The van der Waals surface area contributed by atoms with E-state index in [1.807, 2.05) is 13.0 Å². The maximum absolute atomic E-state index is 10.4. The molecule has 20 heavy (non-hydrogen) atoms. The van der Waals surface area contributed by atoms with E-state index in [0.717, 1.165) is 29.9 Å². The van der Waals surface area contributed by atoms with E-state index in [1.165, 1.54) is 11.4 Å². The van der Waals surface area contributed by atoms with E-state index >= 15 is 0 Å². The number of nitrogens with zero attached hydrogens (tertiary/aromatic N) is 2. The van der Waals surface area contributed by atoms with Gasteiger partial charge < -0.3 is 14.2 Å². The quantitative estimate of drug-likeness (QED) is 0.915. The fourth-order valence-corrected chi connectivity index (χ4v) is 3.27. The van der Waals surface area contributed by atoms with Gasteiger partial charge in [-0.3, -0.25) is 0 Å². The fraction of sp³-hybridized carbons (Fsp3) is 0.562. The largest absolute Gasteiger partial charge is 0.388 e. The van der Waals surface area contributed by atoms with Crippen molar-refractivity contribution in [3.05, 3.63) is 40.5 Å². The molecule has 1 aliphatic rings. The average molecular weight is 274 g/mol. The Morgan fingerprint density at radius 1 is 1.40 bits per heavy atom. The molecule has 2 heterocycles. The molecule has 0 aliphatic heterocycles. The molecule has 0 bridgehead atoms. The number of fused-ring (bicyclic) bond motifs is 1. The third-order valence-electron chi connectivity index (χ3n) is 4.20. The predicted molar refractivity (Wildman–Crippen MR) is 76.6 cm³/mol. The Labute approximate surface area is 119 Å². The molecule has 0 amide bonds. The van der Waals surface area contributed by atoms with Crippen LogP contribution in [0.15, 0.2) is 16.7 Å². The predicted octanol–water partition coefficient (Wildman–Crippen LogP) is 3.15. The third-order valence-corrected chi connectivity index (χ3v) is 4.20. The van der Waals surface area contributed by atoms with Crippen LogP contribution in [0.4, 0.5) is 0 Å². The number of aliphatic hydroxyl groups excluding tert-OH is 1. The van der Waals surface area contributed by atoms with Crippen molar-refractivity contribution in [3.63, 3.8) is 0 Å². The van der Waals surface area contributed by atoms with Gasteiger partial charge in [0.2, 0.25) is 0 Å². The second-order valence-corrected chi connectivity index (χ2v) is 6.76. The van der Waals surface area contributed by atoms with Gasteiger partial charge in [-0.2, -0.15) is 0 Å². The van der Waals surface area contributed by atoms with Crippen LogP contribution in [0.25, 0.3) is 0 Å². The fourth-order valence-electron chi connectivity index (χ4n) is 3.27. The molecular weight excluding hydrogens is 252 g/mol. The number of aryl methyl sites for hydroxylation is 2. The lowest BCUT2D eigenvalue weighted by molar-refractivity contribution is 0.0981. The van der Waals surface area contributed by atoms with Gasteiger partial charge in [0.1, 0.15) is 11.5 Å². The van der Waals surface area contributed by atoms with Gasteiger partial charge in [0.15, 0.2) is 0 Å². The summed E-state index contributed by atoms with van der Waals surface area (Å²) in [6.07, 6.45) is 1.46. The lowest BCUT2D eigenvalue weighted by Crippen LogP contribution is -2.27. The van der Waals surface area contributed by atoms with Gasteiger partial charge in [0.25, 0.3) is 0 Å². The number of aromatic nitrogens is 2. The van der Waals surface area contributed by atoms with E-state index < -0.39 is 0 Å². The molecule has 1 atom stereocenters. The van der Waals surface area contributed by atoms with Gasteiger partial charge in [0.05, 0.1) is 12.6 Å². The summed E-state index contributed by atoms with van der Waals surface area (Å²) in [7, 11) is 0. The molecular formula is C16H22N2O2. The van der Waals surface area contributed by atoms with Crippen molar-refractivity contribution in [1.29, 1.82) is 0 Å². The van der Waals surface area contributed by atoms with Gasteiger partial charge in [-0.25, -0.2) is 0 Å². The van der Waals surface area contributed by atoms with Crippen LogP contribution in [-0.4, -0.2) is 14.8 Å². The van der Waals surface area contributed by atoms with E-state index in [0.29, 0.717) is 6.54 Å². The molecule has 0 radical (unpaired) electrons. The number of aliphatic hydroxyl groups is 1. The molecule has 0 fully saturated rings. The highest BCUT2D eigenvalue weighted by Crippen LogP contribution is 2.42. The minimum Gasteiger partial charge on any atom is -0.388 e. The smallest absolute Gasteiger partial charge is 0.133 e. The molecule has 0 saturated carbocycles. The molecule has 2 aromatic heterocycles. The molecule has 108 valence electrons. The van der Waals surface area contributed by atoms with Gasteiger partial charge in [-0.05, 0) is 38.2 Å². The Bertz CT molecular complexity index is 637. The zero-order valence-corrected chi connectivity index (χ0v) is 12.6. The summed E-state index contributed by atoms with van der Waals surface area (Å²) < 4.78 is 7.41. The van der Waals surface area contributed by atoms with Crippen LogP contribution in [0.5, 0.6) is 0 Å². The van der Waals surface area contributed by atoms with Crippen molar-refractivity contribution in [2.45, 2.75) is 53.2 Å². The van der Waals surface area contributed by atoms with Crippen molar-refractivity contribution in [2.75, 3.05) is 0 Å². The molecule has 0 saturated heterocycles. The van der Waals surface area contributed by atoms with Crippen molar-refractivity contribution >= 4 is 0 Å². The Morgan fingerprint density at radius 3 is 2.80 bits per heavy atom. The van der Waals surface area contributed by atoms with Crippen LogP contribution in [0.1, 0.15) is 54.8 Å². The summed E-state index contributed by atoms with van der Waals surface area (Å²) in [5.74, 6) is 0.832. The zero-order valence-electron chi connectivity index (χ0n) is 12.6. The summed E-state index contributed by atoms with van der Waals surface area (Å²) in [5.41, 5.74) is 4.57. The van der Waals surface area contributed by atoms with E-state index in [9.17, 15) is 5.11 Å². The molecule has 4 heteroatoms. The number of rotatable bonds is 2. The molecule has 1 N–H and O–H groups in total. The second-order valence-electron chi connectivity index (χ2n) is 6.76. The van der Waals surface area contributed by atoms with Gasteiger partial charge in [-0.1, -0.05) is 19.0 Å². The van der Waals surface area contributed by atoms with Crippen LogP contribution >= 0.6 is 0 Å². The first-order valence-corrected chi connectivity index (χ1v) is 7.15. The Hall–Kier alpha value is -1.55. The lowest BCUT2D eigenvalue weighted by Gasteiger charge is -2.33. The van der Waals surface area contributed by atoms with Gasteiger partial charge in [-0.15, -0.1) is 0 Å². The molecule has 2 aromatic rings. The standard InChI is InChI=1S/C16H22N2O2/c1-10-5-13-14(7-16(3,4)8-15(13)19)18(10)9-12-6-11(2)20-17-12/h5-6,15,19H,7-9H2,1-4H3. The van der Waals surface area contributed by atoms with Crippen LogP contribution < -0.4 is 0 Å². The van der Waals surface area contributed by atoms with Crippen LogP contribution in [-0.2, 0) is 13.0 Å². The molecule has 0 spiro atoms. The topological polar surface area (TPSA) is 51.2 Å². The first kappa shape index (κ1) is 13.4. The van der Waals surface area contributed by atoms with Gasteiger partial charge in [0, 0.05) is 23.0 Å². The SMILES string of the molecule is Cc1cc(Cn2c(C)cc3c2CC(C)(C)CC3O)no1. The van der Waals surface area contributed by atoms with E-state index in [2.05, 4.69) is 36.6 Å². The van der Waals surface area contributed by atoms with E-state index in [-0.39, 0.29) is 11.5 Å². The first-order chi connectivity index (χ1) is 9.35. The normalized spacial score (nSPS) is 20.9. The minimum absolute atomic E-state index is 0.134. The highest BCUT2D eigenvalue weighted by Gasteiger charge is 2.34. The van der Waals surface area contributed by atoms with Crippen LogP contribution in [0.2, 0.25) is 0 Å².